The lowest BCUT2D eigenvalue weighted by atomic mass is 10.3. The van der Waals surface area contributed by atoms with E-state index in [0.717, 1.165) is 23.5 Å². The lowest BCUT2D eigenvalue weighted by Gasteiger charge is -2.15. The average Bonchev–Trinajstić information content (AvgIpc) is 3.32. The molecule has 0 atom stereocenters. The largest absolute Gasteiger partial charge is 0.449 e. The number of hydrogen-bond donors (Lipinski definition) is 1. The molecule has 2 aromatic rings. The fraction of sp³-hybridized carbons (Fsp3) is 0.444. The Balaban J connectivity index is 1.97. The predicted octanol–water partition coefficient (Wildman–Crippen LogP) is 2.53. The van der Waals surface area contributed by atoms with Crippen LogP contribution in [0.25, 0.3) is 11.0 Å². The van der Waals surface area contributed by atoms with Crippen LogP contribution in [-0.2, 0) is 27.5 Å². The summed E-state index contributed by atoms with van der Waals surface area (Å²) in [6.07, 6.45) is -1.96. The third-order valence-electron chi connectivity index (χ3n) is 4.68. The van der Waals surface area contributed by atoms with E-state index in [9.17, 15) is 26.4 Å². The highest BCUT2D eigenvalue weighted by Gasteiger charge is 2.38. The number of carbonyl (C=O) groups excluding carboxylic acids is 1. The predicted molar refractivity (Wildman–Crippen MR) is 101 cm³/mol. The number of rotatable bonds is 7. The number of halogens is 3. The minimum Gasteiger partial charge on any atom is -0.353 e. The Morgan fingerprint density at radius 3 is 2.59 bits per heavy atom. The summed E-state index contributed by atoms with van der Waals surface area (Å²) in [4.78, 5) is 15.3. The highest BCUT2D eigenvalue weighted by atomic mass is 32.2. The molecule has 1 saturated heterocycles. The number of hydrogen-bond acceptors (Lipinski definition) is 4. The Bertz CT molecular complexity index is 1020. The quantitative estimate of drug-likeness (QED) is 0.685. The van der Waals surface area contributed by atoms with Gasteiger partial charge in [0.25, 0.3) is 0 Å². The van der Waals surface area contributed by atoms with Gasteiger partial charge in [0.15, 0.2) is 0 Å². The Kier molecular flexibility index (Phi) is 5.99. The number of aryl methyl sites for hydroxylation is 1. The van der Waals surface area contributed by atoms with Gasteiger partial charge in [0.1, 0.15) is 0 Å². The van der Waals surface area contributed by atoms with Gasteiger partial charge in [-0.3, -0.25) is 4.79 Å². The normalized spacial score (nSPS) is 15.7. The molecule has 0 aliphatic carbocycles. The van der Waals surface area contributed by atoms with E-state index < -0.39 is 27.9 Å². The molecule has 0 unspecified atom stereocenters. The maximum absolute atomic E-state index is 13.5. The van der Waals surface area contributed by atoms with Crippen molar-refractivity contribution in [3.63, 3.8) is 0 Å². The molecule has 158 valence electrons. The zero-order valence-corrected chi connectivity index (χ0v) is 16.4. The first-order chi connectivity index (χ1) is 13.6. The molecule has 0 spiro atoms. The van der Waals surface area contributed by atoms with Crippen LogP contribution in [-0.4, -0.2) is 47.8 Å². The van der Waals surface area contributed by atoms with Crippen LogP contribution in [0, 0.1) is 0 Å². The Morgan fingerprint density at radius 2 is 1.97 bits per heavy atom. The topological polar surface area (TPSA) is 84.3 Å². The Labute approximate surface area is 166 Å². The van der Waals surface area contributed by atoms with E-state index in [0.29, 0.717) is 13.1 Å². The van der Waals surface area contributed by atoms with Gasteiger partial charge in [0, 0.05) is 32.6 Å². The second-order valence-corrected chi connectivity index (χ2v) is 8.63. The van der Waals surface area contributed by atoms with Crippen LogP contribution in [0.1, 0.15) is 25.1 Å². The maximum atomic E-state index is 13.5. The molecule has 1 aromatic carbocycles. The van der Waals surface area contributed by atoms with E-state index >= 15 is 0 Å². The minimum atomic E-state index is -4.75. The van der Waals surface area contributed by atoms with Gasteiger partial charge in [-0.1, -0.05) is 6.08 Å². The molecule has 1 amide bonds. The number of imidazole rings is 1. The number of alkyl halides is 3. The van der Waals surface area contributed by atoms with Crippen LogP contribution in [0.2, 0.25) is 0 Å². The smallest absolute Gasteiger partial charge is 0.353 e. The summed E-state index contributed by atoms with van der Waals surface area (Å²) in [5.74, 6) is -1.59. The van der Waals surface area contributed by atoms with Crippen LogP contribution in [0.5, 0.6) is 0 Å². The molecule has 29 heavy (non-hydrogen) atoms. The Hall–Kier alpha value is -2.40. The number of benzene rings is 1. The van der Waals surface area contributed by atoms with Gasteiger partial charge in [-0.2, -0.15) is 17.5 Å². The van der Waals surface area contributed by atoms with E-state index in [2.05, 4.69) is 16.9 Å². The lowest BCUT2D eigenvalue weighted by molar-refractivity contribution is -0.147. The number of nitrogens with one attached hydrogen (secondary N) is 1. The molecule has 11 heteroatoms. The van der Waals surface area contributed by atoms with E-state index in [4.69, 9.17) is 0 Å². The molecule has 0 saturated carbocycles. The highest BCUT2D eigenvalue weighted by molar-refractivity contribution is 7.89. The van der Waals surface area contributed by atoms with Gasteiger partial charge in [-0.05, 0) is 31.0 Å². The fourth-order valence-electron chi connectivity index (χ4n) is 3.28. The third-order valence-corrected chi connectivity index (χ3v) is 6.58. The van der Waals surface area contributed by atoms with Crippen molar-refractivity contribution in [1.29, 1.82) is 0 Å². The number of amides is 1. The third kappa shape index (κ3) is 4.45. The van der Waals surface area contributed by atoms with Crippen molar-refractivity contribution >= 4 is 27.0 Å². The van der Waals surface area contributed by atoms with Crippen molar-refractivity contribution in [2.24, 2.45) is 0 Å². The van der Waals surface area contributed by atoms with Crippen LogP contribution < -0.4 is 5.32 Å². The van der Waals surface area contributed by atoms with Crippen molar-refractivity contribution < 1.29 is 26.4 Å². The first-order valence-corrected chi connectivity index (χ1v) is 10.5. The molecule has 2 heterocycles. The molecule has 1 fully saturated rings. The summed E-state index contributed by atoms with van der Waals surface area (Å²) in [7, 11) is -3.78. The first-order valence-electron chi connectivity index (χ1n) is 9.10. The fourth-order valence-corrected chi connectivity index (χ4v) is 4.82. The summed E-state index contributed by atoms with van der Waals surface area (Å²) >= 11 is 0. The molecular weight excluding hydrogens is 409 g/mol. The minimum absolute atomic E-state index is 0.0795. The monoisotopic (exact) mass is 430 g/mol. The number of carbonyl (C=O) groups is 1. The summed E-state index contributed by atoms with van der Waals surface area (Å²) < 4.78 is 68.0. The number of fused-ring (bicyclic) bond motifs is 1. The van der Waals surface area contributed by atoms with Crippen molar-refractivity contribution in [1.82, 2.24) is 19.2 Å². The first kappa shape index (κ1) is 21.3. The van der Waals surface area contributed by atoms with Crippen LogP contribution in [0.15, 0.2) is 35.7 Å². The van der Waals surface area contributed by atoms with Gasteiger partial charge in [-0.15, -0.1) is 6.58 Å². The standard InChI is InChI=1S/C18H21F3N4O3S/c1-2-8-22-16(26)7-11-25-15-6-5-13(29(27,28)24-9-3-4-10-24)12-14(15)23-17(25)18(19,20)21/h2,5-6,12H,1,3-4,7-11H2,(H,22,26). The van der Waals surface area contributed by atoms with Crippen LogP contribution in [0.4, 0.5) is 13.2 Å². The maximum Gasteiger partial charge on any atom is 0.449 e. The summed E-state index contributed by atoms with van der Waals surface area (Å²) in [6, 6.07) is 3.75. The van der Waals surface area contributed by atoms with E-state index in [1.807, 2.05) is 0 Å². The second kappa shape index (κ2) is 8.15. The van der Waals surface area contributed by atoms with Gasteiger partial charge in [-0.25, -0.2) is 13.4 Å². The second-order valence-electron chi connectivity index (χ2n) is 6.69. The van der Waals surface area contributed by atoms with Crippen LogP contribution >= 0.6 is 0 Å². The molecule has 1 aliphatic heterocycles. The number of aromatic nitrogens is 2. The van der Waals surface area contributed by atoms with Crippen molar-refractivity contribution in [3.8, 4) is 0 Å². The van der Waals surface area contributed by atoms with Gasteiger partial charge < -0.3 is 9.88 Å². The number of nitrogens with zero attached hydrogens (tertiary/aromatic N) is 3. The molecule has 1 aliphatic rings. The lowest BCUT2D eigenvalue weighted by Crippen LogP contribution is -2.27. The summed E-state index contributed by atoms with van der Waals surface area (Å²) in [6.45, 7) is 4.21. The molecule has 3 rings (SSSR count). The van der Waals surface area contributed by atoms with E-state index in [-0.39, 0.29) is 35.4 Å². The average molecular weight is 430 g/mol. The summed E-state index contributed by atoms with van der Waals surface area (Å²) in [5.41, 5.74) is 0.0401. The Morgan fingerprint density at radius 1 is 1.28 bits per heavy atom. The van der Waals surface area contributed by atoms with E-state index in [1.54, 1.807) is 0 Å². The molecule has 0 radical (unpaired) electrons. The van der Waals surface area contributed by atoms with Crippen molar-refractivity contribution in [2.75, 3.05) is 19.6 Å². The SMILES string of the molecule is C=CCNC(=O)CCn1c(C(F)(F)F)nc2cc(S(=O)(=O)N3CCCC3)ccc21. The van der Waals surface area contributed by atoms with Gasteiger partial charge in [0.05, 0.1) is 15.9 Å². The molecule has 1 N–H and O–H groups in total. The van der Waals surface area contributed by atoms with Crippen LogP contribution in [0.3, 0.4) is 0 Å². The van der Waals surface area contributed by atoms with Gasteiger partial charge >= 0.3 is 6.18 Å². The van der Waals surface area contributed by atoms with Crippen molar-refractivity contribution in [2.45, 2.75) is 36.9 Å². The van der Waals surface area contributed by atoms with E-state index in [1.165, 1.54) is 22.5 Å². The number of sulfonamides is 1. The molecular formula is C18H21F3N4O3S. The highest BCUT2D eigenvalue weighted by Crippen LogP contribution is 2.33. The zero-order chi connectivity index (χ0) is 21.2. The van der Waals surface area contributed by atoms with Crippen molar-refractivity contribution in [3.05, 3.63) is 36.7 Å². The zero-order valence-electron chi connectivity index (χ0n) is 15.6. The summed E-state index contributed by atoms with van der Waals surface area (Å²) in [5, 5.41) is 2.50. The molecule has 1 aromatic heterocycles. The van der Waals surface area contributed by atoms with Gasteiger partial charge in [0.2, 0.25) is 21.8 Å². The molecule has 7 nitrogen and oxygen atoms in total. The molecule has 0 bridgehead atoms.